The van der Waals surface area contributed by atoms with Gasteiger partial charge in [0.15, 0.2) is 0 Å². The Bertz CT molecular complexity index is 242. The Morgan fingerprint density at radius 3 is 2.33 bits per heavy atom. The zero-order chi connectivity index (χ0) is 12.1. The number of amides is 3. The summed E-state index contributed by atoms with van der Waals surface area (Å²) < 4.78 is 39.7. The van der Waals surface area contributed by atoms with Crippen LogP contribution in [0.3, 0.4) is 0 Å². The van der Waals surface area contributed by atoms with Gasteiger partial charge in [-0.25, -0.2) is 4.79 Å². The van der Waals surface area contributed by atoms with E-state index in [0.29, 0.717) is 0 Å². The fourth-order valence-corrected chi connectivity index (χ4v) is 0.726. The van der Waals surface area contributed by atoms with Gasteiger partial charge in [-0.15, -0.1) is 0 Å². The largest absolute Gasteiger partial charge is 0.471 e. The summed E-state index contributed by atoms with van der Waals surface area (Å²) in [7, 11) is 1.37. The minimum atomic E-state index is -5.07. The number of urea groups is 1. The van der Waals surface area contributed by atoms with Gasteiger partial charge >= 0.3 is 18.1 Å². The van der Waals surface area contributed by atoms with E-state index in [1.54, 1.807) is 0 Å². The molecule has 5 nitrogen and oxygen atoms in total. The first-order valence-corrected chi connectivity index (χ1v) is 3.95. The van der Waals surface area contributed by atoms with Gasteiger partial charge in [0.25, 0.3) is 0 Å². The molecule has 0 heterocycles. The lowest BCUT2D eigenvalue weighted by Crippen LogP contribution is -2.48. The van der Waals surface area contributed by atoms with Crippen LogP contribution in [0.4, 0.5) is 18.0 Å². The standard InChI is InChI=1S/C7H11F3N2O3/c1-4(3-15-2)11-6(14)12-5(13)7(8,9)10/h4H,3H2,1-2H3,(H2,11,12,13,14). The summed E-state index contributed by atoms with van der Waals surface area (Å²) in [4.78, 5) is 21.1. The maximum absolute atomic E-state index is 11.7. The number of carbonyl (C=O) groups excluding carboxylic acids is 2. The molecule has 0 rings (SSSR count). The first-order valence-electron chi connectivity index (χ1n) is 3.95. The molecule has 1 atom stereocenters. The van der Waals surface area contributed by atoms with Crippen molar-refractivity contribution in [1.29, 1.82) is 0 Å². The molecule has 88 valence electrons. The maximum atomic E-state index is 11.7. The third-order valence-electron chi connectivity index (χ3n) is 1.28. The highest BCUT2D eigenvalue weighted by atomic mass is 19.4. The van der Waals surface area contributed by atoms with E-state index in [0.717, 1.165) is 5.32 Å². The molecule has 0 aliphatic heterocycles. The maximum Gasteiger partial charge on any atom is 0.471 e. The number of ether oxygens (including phenoxy) is 1. The third-order valence-corrected chi connectivity index (χ3v) is 1.28. The fraction of sp³-hybridized carbons (Fsp3) is 0.714. The summed E-state index contributed by atoms with van der Waals surface area (Å²) in [6.07, 6.45) is -5.07. The second-order valence-corrected chi connectivity index (χ2v) is 2.78. The van der Waals surface area contributed by atoms with Gasteiger partial charge in [0.05, 0.1) is 12.6 Å². The van der Waals surface area contributed by atoms with E-state index in [2.05, 4.69) is 10.1 Å². The van der Waals surface area contributed by atoms with Crippen molar-refractivity contribution in [2.75, 3.05) is 13.7 Å². The van der Waals surface area contributed by atoms with Gasteiger partial charge < -0.3 is 10.1 Å². The van der Waals surface area contributed by atoms with E-state index in [9.17, 15) is 22.8 Å². The van der Waals surface area contributed by atoms with Gasteiger partial charge in [-0.05, 0) is 6.92 Å². The molecule has 0 spiro atoms. The molecule has 0 saturated heterocycles. The van der Waals surface area contributed by atoms with Gasteiger partial charge in [-0.2, -0.15) is 13.2 Å². The molecule has 3 amide bonds. The Hall–Kier alpha value is -1.31. The predicted octanol–water partition coefficient (Wildman–Crippen LogP) is 0.409. The molecule has 8 heteroatoms. The molecule has 0 radical (unpaired) electrons. The highest BCUT2D eigenvalue weighted by Crippen LogP contribution is 2.13. The molecule has 0 aliphatic rings. The molecule has 0 fully saturated rings. The van der Waals surface area contributed by atoms with Crippen LogP contribution in [0.1, 0.15) is 6.92 Å². The Morgan fingerprint density at radius 1 is 1.40 bits per heavy atom. The summed E-state index contributed by atoms with van der Waals surface area (Å²) in [5, 5.41) is 3.23. The van der Waals surface area contributed by atoms with Crippen LogP contribution in [0.25, 0.3) is 0 Å². The van der Waals surface area contributed by atoms with E-state index >= 15 is 0 Å². The number of alkyl halides is 3. The number of halogens is 3. The third kappa shape index (κ3) is 5.89. The Morgan fingerprint density at radius 2 is 1.93 bits per heavy atom. The molecule has 0 saturated carbocycles. The molecule has 0 aromatic carbocycles. The Kier molecular flexibility index (Phi) is 5.06. The number of rotatable bonds is 3. The Balaban J connectivity index is 4.00. The molecule has 0 aromatic heterocycles. The van der Waals surface area contributed by atoms with Crippen LogP contribution in [0.15, 0.2) is 0 Å². The summed E-state index contributed by atoms with van der Waals surface area (Å²) >= 11 is 0. The van der Waals surface area contributed by atoms with Crippen molar-refractivity contribution in [1.82, 2.24) is 10.6 Å². The number of methoxy groups -OCH3 is 1. The normalized spacial score (nSPS) is 13.1. The SMILES string of the molecule is COCC(C)NC(=O)NC(=O)C(F)(F)F. The minimum Gasteiger partial charge on any atom is -0.383 e. The summed E-state index contributed by atoms with van der Waals surface area (Å²) in [6, 6.07) is -1.70. The lowest BCUT2D eigenvalue weighted by atomic mass is 10.4. The number of nitrogens with one attached hydrogen (secondary N) is 2. The van der Waals surface area contributed by atoms with Crippen molar-refractivity contribution in [2.45, 2.75) is 19.1 Å². The molecule has 0 aliphatic carbocycles. The monoisotopic (exact) mass is 228 g/mol. The average Bonchev–Trinajstić information content (AvgIpc) is 2.01. The lowest BCUT2D eigenvalue weighted by molar-refractivity contribution is -0.172. The molecule has 15 heavy (non-hydrogen) atoms. The number of hydrogen-bond acceptors (Lipinski definition) is 3. The second-order valence-electron chi connectivity index (χ2n) is 2.78. The highest BCUT2D eigenvalue weighted by molar-refractivity contribution is 5.97. The highest BCUT2D eigenvalue weighted by Gasteiger charge is 2.39. The van der Waals surface area contributed by atoms with Crippen molar-refractivity contribution in [2.24, 2.45) is 0 Å². The zero-order valence-electron chi connectivity index (χ0n) is 8.14. The van der Waals surface area contributed by atoms with Gasteiger partial charge in [0.1, 0.15) is 0 Å². The zero-order valence-corrected chi connectivity index (χ0v) is 8.14. The van der Waals surface area contributed by atoms with Crippen LogP contribution in [0.5, 0.6) is 0 Å². The van der Waals surface area contributed by atoms with Gasteiger partial charge in [0.2, 0.25) is 0 Å². The smallest absolute Gasteiger partial charge is 0.383 e. The van der Waals surface area contributed by atoms with Gasteiger partial charge in [0, 0.05) is 7.11 Å². The van der Waals surface area contributed by atoms with Crippen molar-refractivity contribution in [3.05, 3.63) is 0 Å². The first-order chi connectivity index (χ1) is 6.77. The summed E-state index contributed by atoms with van der Waals surface area (Å²) in [5.41, 5.74) is 0. The summed E-state index contributed by atoms with van der Waals surface area (Å²) in [6.45, 7) is 1.65. The minimum absolute atomic E-state index is 0.133. The van der Waals surface area contributed by atoms with Gasteiger partial charge in [-0.1, -0.05) is 0 Å². The number of hydrogen-bond donors (Lipinski definition) is 2. The molecular formula is C7H11F3N2O3. The van der Waals surface area contributed by atoms with E-state index in [1.807, 2.05) is 0 Å². The van der Waals surface area contributed by atoms with Crippen LogP contribution < -0.4 is 10.6 Å². The van der Waals surface area contributed by atoms with Crippen LogP contribution in [0.2, 0.25) is 0 Å². The van der Waals surface area contributed by atoms with Crippen molar-refractivity contribution in [3.8, 4) is 0 Å². The average molecular weight is 228 g/mol. The van der Waals surface area contributed by atoms with E-state index in [4.69, 9.17) is 0 Å². The first kappa shape index (κ1) is 13.7. The van der Waals surface area contributed by atoms with Crippen LogP contribution in [0, 0.1) is 0 Å². The Labute approximate surface area is 84.0 Å². The van der Waals surface area contributed by atoms with Gasteiger partial charge in [-0.3, -0.25) is 10.1 Å². The molecule has 1 unspecified atom stereocenters. The molecule has 2 N–H and O–H groups in total. The lowest BCUT2D eigenvalue weighted by Gasteiger charge is -2.13. The predicted molar refractivity (Wildman–Crippen MR) is 44.1 cm³/mol. The van der Waals surface area contributed by atoms with E-state index in [1.165, 1.54) is 14.0 Å². The number of carbonyl (C=O) groups is 2. The second kappa shape index (κ2) is 5.54. The molecular weight excluding hydrogens is 217 g/mol. The van der Waals surface area contributed by atoms with E-state index < -0.39 is 24.2 Å². The fourth-order valence-electron chi connectivity index (χ4n) is 0.726. The molecule has 0 bridgehead atoms. The molecule has 0 aromatic rings. The summed E-state index contributed by atoms with van der Waals surface area (Å²) in [5.74, 6) is -2.30. The van der Waals surface area contributed by atoms with Crippen molar-refractivity contribution < 1.29 is 27.5 Å². The van der Waals surface area contributed by atoms with E-state index in [-0.39, 0.29) is 6.61 Å². The quantitative estimate of drug-likeness (QED) is 0.735. The van der Waals surface area contributed by atoms with Crippen LogP contribution in [-0.2, 0) is 9.53 Å². The van der Waals surface area contributed by atoms with Crippen LogP contribution in [-0.4, -0.2) is 37.9 Å². The number of imide groups is 1. The van der Waals surface area contributed by atoms with Crippen molar-refractivity contribution in [3.63, 3.8) is 0 Å². The van der Waals surface area contributed by atoms with Crippen LogP contribution >= 0.6 is 0 Å². The topological polar surface area (TPSA) is 67.4 Å². The van der Waals surface area contributed by atoms with Crippen molar-refractivity contribution >= 4 is 11.9 Å².